The minimum atomic E-state index is 0.368. The zero-order chi connectivity index (χ0) is 16.4. The first-order valence-electron chi connectivity index (χ1n) is 7.41. The van der Waals surface area contributed by atoms with Crippen molar-refractivity contribution in [1.29, 1.82) is 0 Å². The minimum Gasteiger partial charge on any atom is -0.364 e. The molecule has 0 amide bonds. The second-order valence-electron chi connectivity index (χ2n) is 5.18. The SMILES string of the molecule is Clc1ccc(NCc2cccnc2-n2cnc3ccccc32)nn1. The number of anilines is 1. The average Bonchev–Trinajstić information content (AvgIpc) is 3.05. The second kappa shape index (κ2) is 6.25. The van der Waals surface area contributed by atoms with E-state index in [1.54, 1.807) is 24.7 Å². The standard InChI is InChI=1S/C17H13ClN6/c18-15-7-8-16(23-22-15)20-10-12-4-3-9-19-17(12)24-11-21-13-5-1-2-6-14(13)24/h1-9,11H,10H2,(H,20,23). The minimum absolute atomic E-state index is 0.368. The number of imidazole rings is 1. The molecule has 0 aliphatic rings. The van der Waals surface area contributed by atoms with Crippen LogP contribution in [0.3, 0.4) is 0 Å². The Labute approximate surface area is 143 Å². The van der Waals surface area contributed by atoms with E-state index in [2.05, 4.69) is 25.5 Å². The van der Waals surface area contributed by atoms with Crippen molar-refractivity contribution < 1.29 is 0 Å². The number of benzene rings is 1. The molecule has 0 aliphatic heterocycles. The Morgan fingerprint density at radius 1 is 0.958 bits per heavy atom. The van der Waals surface area contributed by atoms with Gasteiger partial charge in [-0.25, -0.2) is 9.97 Å². The fraction of sp³-hybridized carbons (Fsp3) is 0.0588. The maximum absolute atomic E-state index is 5.76. The van der Waals surface area contributed by atoms with Gasteiger partial charge < -0.3 is 5.32 Å². The van der Waals surface area contributed by atoms with Gasteiger partial charge in [0.15, 0.2) is 5.15 Å². The van der Waals surface area contributed by atoms with Gasteiger partial charge in [0, 0.05) is 18.3 Å². The van der Waals surface area contributed by atoms with E-state index in [1.807, 2.05) is 41.0 Å². The molecule has 3 aromatic heterocycles. The van der Waals surface area contributed by atoms with Crippen LogP contribution in [0.4, 0.5) is 5.82 Å². The van der Waals surface area contributed by atoms with E-state index in [9.17, 15) is 0 Å². The summed E-state index contributed by atoms with van der Waals surface area (Å²) >= 11 is 5.76. The Morgan fingerprint density at radius 3 is 2.75 bits per heavy atom. The molecule has 0 saturated carbocycles. The molecule has 3 heterocycles. The summed E-state index contributed by atoms with van der Waals surface area (Å²) in [6.07, 6.45) is 3.56. The molecule has 0 aliphatic carbocycles. The van der Waals surface area contributed by atoms with Crippen LogP contribution in [0, 0.1) is 0 Å². The Balaban J connectivity index is 1.66. The van der Waals surface area contributed by atoms with E-state index in [1.165, 1.54) is 0 Å². The van der Waals surface area contributed by atoms with Crippen molar-refractivity contribution in [2.24, 2.45) is 0 Å². The molecule has 0 spiro atoms. The van der Waals surface area contributed by atoms with Gasteiger partial charge in [-0.15, -0.1) is 10.2 Å². The zero-order valence-corrected chi connectivity index (χ0v) is 13.4. The number of hydrogen-bond donors (Lipinski definition) is 1. The smallest absolute Gasteiger partial charge is 0.151 e. The van der Waals surface area contributed by atoms with Gasteiger partial charge >= 0.3 is 0 Å². The van der Waals surface area contributed by atoms with Crippen LogP contribution in [0.1, 0.15) is 5.56 Å². The summed E-state index contributed by atoms with van der Waals surface area (Å²) < 4.78 is 1.99. The average molecular weight is 337 g/mol. The van der Waals surface area contributed by atoms with Crippen LogP contribution in [0.5, 0.6) is 0 Å². The van der Waals surface area contributed by atoms with Gasteiger partial charge in [-0.2, -0.15) is 0 Å². The number of pyridine rings is 1. The molecule has 1 aromatic carbocycles. The quantitative estimate of drug-likeness (QED) is 0.618. The fourth-order valence-electron chi connectivity index (χ4n) is 2.51. The van der Waals surface area contributed by atoms with Gasteiger partial charge in [-0.05, 0) is 30.3 Å². The van der Waals surface area contributed by atoms with Crippen molar-refractivity contribution in [3.05, 3.63) is 71.8 Å². The van der Waals surface area contributed by atoms with Crippen LogP contribution in [0.25, 0.3) is 16.9 Å². The van der Waals surface area contributed by atoms with E-state index < -0.39 is 0 Å². The Hall–Kier alpha value is -2.99. The van der Waals surface area contributed by atoms with Crippen LogP contribution in [0.2, 0.25) is 5.15 Å². The Morgan fingerprint density at radius 2 is 1.88 bits per heavy atom. The second-order valence-corrected chi connectivity index (χ2v) is 5.57. The van der Waals surface area contributed by atoms with Crippen LogP contribution < -0.4 is 5.32 Å². The first kappa shape index (κ1) is 14.6. The molecule has 24 heavy (non-hydrogen) atoms. The van der Waals surface area contributed by atoms with Gasteiger partial charge in [0.25, 0.3) is 0 Å². The predicted molar refractivity (Wildman–Crippen MR) is 93.2 cm³/mol. The summed E-state index contributed by atoms with van der Waals surface area (Å²) in [4.78, 5) is 8.95. The van der Waals surface area contributed by atoms with Crippen LogP contribution in [-0.4, -0.2) is 24.7 Å². The van der Waals surface area contributed by atoms with Crippen molar-refractivity contribution >= 4 is 28.5 Å². The van der Waals surface area contributed by atoms with Gasteiger partial charge in [0.2, 0.25) is 0 Å². The summed E-state index contributed by atoms with van der Waals surface area (Å²) in [5.41, 5.74) is 2.98. The third-order valence-electron chi connectivity index (χ3n) is 3.64. The zero-order valence-electron chi connectivity index (χ0n) is 12.6. The summed E-state index contributed by atoms with van der Waals surface area (Å²) in [6, 6.07) is 15.4. The predicted octanol–water partition coefficient (Wildman–Crippen LogP) is 3.48. The lowest BCUT2D eigenvalue weighted by atomic mass is 10.2. The molecule has 0 fully saturated rings. The topological polar surface area (TPSA) is 68.5 Å². The van der Waals surface area contributed by atoms with Crippen molar-refractivity contribution in [2.75, 3.05) is 5.32 Å². The van der Waals surface area contributed by atoms with Gasteiger partial charge in [0.05, 0.1) is 11.0 Å². The number of rotatable bonds is 4. The highest BCUT2D eigenvalue weighted by atomic mass is 35.5. The van der Waals surface area contributed by atoms with Gasteiger partial charge in [-0.3, -0.25) is 4.57 Å². The summed E-state index contributed by atoms with van der Waals surface area (Å²) in [6.45, 7) is 0.562. The molecule has 1 N–H and O–H groups in total. The largest absolute Gasteiger partial charge is 0.364 e. The first-order valence-corrected chi connectivity index (χ1v) is 7.78. The number of nitrogens with zero attached hydrogens (tertiary/aromatic N) is 5. The van der Waals surface area contributed by atoms with Crippen LogP contribution >= 0.6 is 11.6 Å². The maximum Gasteiger partial charge on any atom is 0.151 e. The van der Waals surface area contributed by atoms with Crippen LogP contribution in [-0.2, 0) is 6.54 Å². The molecule has 0 radical (unpaired) electrons. The lowest BCUT2D eigenvalue weighted by Crippen LogP contribution is -2.07. The van der Waals surface area contributed by atoms with E-state index in [4.69, 9.17) is 11.6 Å². The molecule has 4 aromatic rings. The molecule has 0 atom stereocenters. The molecular formula is C17H13ClN6. The fourth-order valence-corrected chi connectivity index (χ4v) is 2.61. The monoisotopic (exact) mass is 336 g/mol. The molecule has 0 unspecified atom stereocenters. The van der Waals surface area contributed by atoms with Gasteiger partial charge in [-0.1, -0.05) is 29.8 Å². The molecule has 7 heteroatoms. The third-order valence-corrected chi connectivity index (χ3v) is 3.84. The summed E-state index contributed by atoms with van der Waals surface area (Å²) in [7, 11) is 0. The summed E-state index contributed by atoms with van der Waals surface area (Å²) in [5, 5.41) is 11.4. The number of para-hydroxylation sites is 2. The lowest BCUT2D eigenvalue weighted by Gasteiger charge is -2.11. The lowest BCUT2D eigenvalue weighted by molar-refractivity contribution is 0.954. The highest BCUT2D eigenvalue weighted by molar-refractivity contribution is 6.29. The summed E-state index contributed by atoms with van der Waals surface area (Å²) in [5.74, 6) is 1.49. The number of fused-ring (bicyclic) bond motifs is 1. The van der Waals surface area contributed by atoms with E-state index in [0.717, 1.165) is 22.4 Å². The van der Waals surface area contributed by atoms with Gasteiger partial charge in [0.1, 0.15) is 18.0 Å². The molecule has 6 nitrogen and oxygen atoms in total. The van der Waals surface area contributed by atoms with Crippen molar-refractivity contribution in [2.45, 2.75) is 6.54 Å². The van der Waals surface area contributed by atoms with Crippen molar-refractivity contribution in [3.8, 4) is 5.82 Å². The first-order chi connectivity index (χ1) is 11.8. The highest BCUT2D eigenvalue weighted by Gasteiger charge is 2.10. The molecule has 0 bridgehead atoms. The number of nitrogens with one attached hydrogen (secondary N) is 1. The van der Waals surface area contributed by atoms with E-state index >= 15 is 0 Å². The molecule has 118 valence electrons. The van der Waals surface area contributed by atoms with Crippen molar-refractivity contribution in [3.63, 3.8) is 0 Å². The molecule has 0 saturated heterocycles. The van der Waals surface area contributed by atoms with E-state index in [-0.39, 0.29) is 0 Å². The van der Waals surface area contributed by atoms with Crippen LogP contribution in [0.15, 0.2) is 61.1 Å². The normalized spacial score (nSPS) is 10.9. The Bertz CT molecular complexity index is 980. The number of hydrogen-bond acceptors (Lipinski definition) is 5. The molecule has 4 rings (SSSR count). The highest BCUT2D eigenvalue weighted by Crippen LogP contribution is 2.20. The van der Waals surface area contributed by atoms with Crippen molar-refractivity contribution in [1.82, 2.24) is 24.7 Å². The maximum atomic E-state index is 5.76. The number of halogens is 1. The third kappa shape index (κ3) is 2.79. The molecular weight excluding hydrogens is 324 g/mol. The van der Waals surface area contributed by atoms with E-state index in [0.29, 0.717) is 17.5 Å². The Kier molecular flexibility index (Phi) is 3.80. The number of aromatic nitrogens is 5.